The molecule has 1 saturated heterocycles. The summed E-state index contributed by atoms with van der Waals surface area (Å²) in [5.74, 6) is 1.52. The Morgan fingerprint density at radius 2 is 1.97 bits per heavy atom. The van der Waals surface area contributed by atoms with E-state index in [1.807, 2.05) is 12.1 Å². The van der Waals surface area contributed by atoms with Crippen LogP contribution >= 0.6 is 12.4 Å². The molecule has 0 unspecified atom stereocenters. The van der Waals surface area contributed by atoms with Crippen molar-refractivity contribution in [3.63, 3.8) is 0 Å². The van der Waals surface area contributed by atoms with E-state index in [-0.39, 0.29) is 29.5 Å². The van der Waals surface area contributed by atoms with E-state index in [2.05, 4.69) is 15.7 Å². The van der Waals surface area contributed by atoms with E-state index in [1.165, 1.54) is 24.3 Å². The van der Waals surface area contributed by atoms with Crippen LogP contribution in [-0.2, 0) is 10.0 Å². The zero-order chi connectivity index (χ0) is 22.0. The molecular formula is C21H23ClN4O5S. The van der Waals surface area contributed by atoms with Crippen LogP contribution in [0.1, 0.15) is 23.5 Å². The summed E-state index contributed by atoms with van der Waals surface area (Å²) in [6.07, 6.45) is 0.637. The highest BCUT2D eigenvalue weighted by Crippen LogP contribution is 2.41. The molecule has 2 aliphatic rings. The molecule has 2 heterocycles. The molecule has 0 saturated carbocycles. The van der Waals surface area contributed by atoms with Crippen LogP contribution in [0.25, 0.3) is 0 Å². The van der Waals surface area contributed by atoms with Crippen LogP contribution in [0.3, 0.4) is 0 Å². The summed E-state index contributed by atoms with van der Waals surface area (Å²) in [7, 11) is -3.71. The average molecular weight is 479 g/mol. The van der Waals surface area contributed by atoms with Crippen molar-refractivity contribution in [2.45, 2.75) is 17.2 Å². The lowest BCUT2D eigenvalue weighted by molar-refractivity contribution is -0.384. The number of nitriles is 1. The number of nitro groups is 1. The molecule has 11 heteroatoms. The number of ether oxygens (including phenoxy) is 1. The number of nitrogens with zero attached hydrogens (tertiary/aromatic N) is 3. The molecule has 2 aromatic carbocycles. The van der Waals surface area contributed by atoms with Crippen LogP contribution in [0, 0.1) is 27.4 Å². The normalized spacial score (nSPS) is 19.7. The quantitative estimate of drug-likeness (QED) is 0.368. The molecule has 0 aromatic heterocycles. The second kappa shape index (κ2) is 9.83. The second-order valence-electron chi connectivity index (χ2n) is 7.80. The van der Waals surface area contributed by atoms with Gasteiger partial charge in [0.2, 0.25) is 10.0 Å². The predicted molar refractivity (Wildman–Crippen MR) is 119 cm³/mol. The summed E-state index contributed by atoms with van der Waals surface area (Å²) in [6, 6.07) is 12.5. The van der Waals surface area contributed by atoms with Crippen LogP contribution in [0.5, 0.6) is 5.75 Å². The Bertz CT molecular complexity index is 1130. The van der Waals surface area contributed by atoms with Crippen LogP contribution in [0.2, 0.25) is 0 Å². The highest BCUT2D eigenvalue weighted by Gasteiger charge is 2.38. The summed E-state index contributed by atoms with van der Waals surface area (Å²) in [6.45, 7) is 3.38. The maximum absolute atomic E-state index is 12.4. The maximum atomic E-state index is 12.4. The van der Waals surface area contributed by atoms with E-state index in [4.69, 9.17) is 4.74 Å². The fraction of sp³-hybridized carbons (Fsp3) is 0.381. The van der Waals surface area contributed by atoms with E-state index in [1.54, 1.807) is 6.07 Å². The lowest BCUT2D eigenvalue weighted by Crippen LogP contribution is -2.29. The van der Waals surface area contributed by atoms with E-state index in [0.29, 0.717) is 30.4 Å². The van der Waals surface area contributed by atoms with Crippen molar-refractivity contribution in [2.75, 3.05) is 32.8 Å². The molecular weight excluding hydrogens is 456 g/mol. The Kier molecular flexibility index (Phi) is 7.36. The van der Waals surface area contributed by atoms with Gasteiger partial charge in [-0.1, -0.05) is 0 Å². The van der Waals surface area contributed by atoms with Gasteiger partial charge in [-0.25, -0.2) is 13.1 Å². The molecule has 1 fully saturated rings. The van der Waals surface area contributed by atoms with Crippen molar-refractivity contribution in [3.05, 3.63) is 63.7 Å². The third kappa shape index (κ3) is 5.02. The average Bonchev–Trinajstić information content (AvgIpc) is 3.20. The Morgan fingerprint density at radius 3 is 2.66 bits per heavy atom. The lowest BCUT2D eigenvalue weighted by atomic mass is 9.86. The third-order valence-electron chi connectivity index (χ3n) is 5.81. The van der Waals surface area contributed by atoms with Crippen molar-refractivity contribution >= 4 is 28.1 Å². The predicted octanol–water partition coefficient (Wildman–Crippen LogP) is 2.66. The van der Waals surface area contributed by atoms with Gasteiger partial charge in [-0.05, 0) is 43.3 Å². The van der Waals surface area contributed by atoms with Crippen molar-refractivity contribution in [3.8, 4) is 11.8 Å². The standard InChI is InChI=1S/C21H22N4O5S.ClH/c22-11-15-2-7-21-19(10-15)20-13-24(12-16(20)14-30-21)9-1-8-23-31(28,29)18-5-3-17(4-6-18)25(26)27;/h2-7,10,16,20,23H,1,8-9,12-14H2;1H/t16-,20+;/m1./s1. The Labute approximate surface area is 192 Å². The zero-order valence-electron chi connectivity index (χ0n) is 17.1. The van der Waals surface area contributed by atoms with Crippen molar-refractivity contribution in [1.82, 2.24) is 9.62 Å². The number of hydrogen-bond donors (Lipinski definition) is 1. The van der Waals surface area contributed by atoms with Crippen molar-refractivity contribution < 1.29 is 18.1 Å². The summed E-state index contributed by atoms with van der Waals surface area (Å²) in [4.78, 5) is 12.4. The Hall–Kier alpha value is -2.71. The van der Waals surface area contributed by atoms with Gasteiger partial charge in [0.15, 0.2) is 0 Å². The molecule has 170 valence electrons. The third-order valence-corrected chi connectivity index (χ3v) is 7.29. The van der Waals surface area contributed by atoms with E-state index in [9.17, 15) is 23.8 Å². The number of non-ortho nitro benzene ring substituents is 1. The largest absolute Gasteiger partial charge is 0.493 e. The number of fused-ring (bicyclic) bond motifs is 3. The SMILES string of the molecule is Cl.N#Cc1ccc2c(c1)[C@H]1CN(CCCNS(=O)(=O)c3ccc([N+](=O)[O-])cc3)C[C@@H]1CO2. The molecule has 0 spiro atoms. The summed E-state index contributed by atoms with van der Waals surface area (Å²) >= 11 is 0. The van der Waals surface area contributed by atoms with Gasteiger partial charge in [-0.15, -0.1) is 12.4 Å². The van der Waals surface area contributed by atoms with Crippen molar-refractivity contribution in [1.29, 1.82) is 5.26 Å². The topological polar surface area (TPSA) is 126 Å². The molecule has 2 atom stereocenters. The number of benzene rings is 2. The maximum Gasteiger partial charge on any atom is 0.269 e. The molecule has 0 amide bonds. The molecule has 1 N–H and O–H groups in total. The smallest absolute Gasteiger partial charge is 0.269 e. The zero-order valence-corrected chi connectivity index (χ0v) is 18.8. The first-order chi connectivity index (χ1) is 14.9. The van der Waals surface area contributed by atoms with Gasteiger partial charge in [0.05, 0.1) is 28.1 Å². The summed E-state index contributed by atoms with van der Waals surface area (Å²) in [5, 5.41) is 19.9. The van der Waals surface area contributed by atoms with Crippen molar-refractivity contribution in [2.24, 2.45) is 5.92 Å². The van der Waals surface area contributed by atoms with Crippen LogP contribution in [-0.4, -0.2) is 51.0 Å². The summed E-state index contributed by atoms with van der Waals surface area (Å²) < 4.78 is 33.2. The molecule has 9 nitrogen and oxygen atoms in total. The first kappa shape index (κ1) is 23.9. The fourth-order valence-corrected chi connectivity index (χ4v) is 5.31. The number of halogens is 1. The van der Waals surface area contributed by atoms with Crippen LogP contribution in [0.15, 0.2) is 47.4 Å². The fourth-order valence-electron chi connectivity index (χ4n) is 4.24. The highest BCUT2D eigenvalue weighted by molar-refractivity contribution is 7.89. The van der Waals surface area contributed by atoms with E-state index >= 15 is 0 Å². The second-order valence-corrected chi connectivity index (χ2v) is 9.57. The van der Waals surface area contributed by atoms with E-state index in [0.717, 1.165) is 30.9 Å². The molecule has 4 rings (SSSR count). The number of nitro benzene ring substituents is 1. The molecule has 32 heavy (non-hydrogen) atoms. The minimum Gasteiger partial charge on any atom is -0.493 e. The van der Waals surface area contributed by atoms with Crippen LogP contribution in [0.4, 0.5) is 5.69 Å². The van der Waals surface area contributed by atoms with Gasteiger partial charge in [-0.3, -0.25) is 10.1 Å². The first-order valence-electron chi connectivity index (χ1n) is 10.0. The monoisotopic (exact) mass is 478 g/mol. The van der Waals surface area contributed by atoms with Gasteiger partial charge < -0.3 is 9.64 Å². The molecule has 0 aliphatic carbocycles. The van der Waals surface area contributed by atoms with Gasteiger partial charge in [-0.2, -0.15) is 5.26 Å². The minimum absolute atomic E-state index is 0. The first-order valence-corrected chi connectivity index (χ1v) is 11.5. The number of likely N-dealkylation sites (tertiary alicyclic amines) is 1. The van der Waals surface area contributed by atoms with Gasteiger partial charge >= 0.3 is 0 Å². The van der Waals surface area contributed by atoms with Crippen LogP contribution < -0.4 is 9.46 Å². The molecule has 2 aromatic rings. The Balaban J connectivity index is 0.00000289. The molecule has 0 bridgehead atoms. The molecule has 0 radical (unpaired) electrons. The number of sulfonamides is 1. The number of nitrogens with one attached hydrogen (secondary N) is 1. The summed E-state index contributed by atoms with van der Waals surface area (Å²) in [5.41, 5.74) is 1.56. The number of rotatable bonds is 7. The molecule has 2 aliphatic heterocycles. The van der Waals surface area contributed by atoms with E-state index < -0.39 is 14.9 Å². The Morgan fingerprint density at radius 1 is 1.22 bits per heavy atom. The minimum atomic E-state index is -3.71. The number of hydrogen-bond acceptors (Lipinski definition) is 7. The van der Waals surface area contributed by atoms with Gasteiger partial charge in [0.1, 0.15) is 5.75 Å². The highest BCUT2D eigenvalue weighted by atomic mass is 35.5. The lowest BCUT2D eigenvalue weighted by Gasteiger charge is -2.27. The van der Waals surface area contributed by atoms with Gasteiger partial charge in [0.25, 0.3) is 5.69 Å². The van der Waals surface area contributed by atoms with Gasteiger partial charge in [0, 0.05) is 49.2 Å².